The zero-order valence-corrected chi connectivity index (χ0v) is 13.0. The van der Waals surface area contributed by atoms with E-state index < -0.39 is 5.97 Å². The van der Waals surface area contributed by atoms with E-state index in [1.165, 1.54) is 0 Å². The van der Waals surface area contributed by atoms with E-state index >= 15 is 0 Å². The molecule has 0 radical (unpaired) electrons. The number of carbonyl (C=O) groups excluding carboxylic acids is 1. The molecule has 0 fully saturated rings. The van der Waals surface area contributed by atoms with Crippen LogP contribution in [-0.4, -0.2) is 12.6 Å². The molecule has 0 atom stereocenters. The van der Waals surface area contributed by atoms with Crippen molar-refractivity contribution in [3.8, 4) is 11.5 Å². The van der Waals surface area contributed by atoms with Gasteiger partial charge in [-0.05, 0) is 67.8 Å². The Labute approximate surface area is 129 Å². The second-order valence-corrected chi connectivity index (χ2v) is 5.33. The largest absolute Gasteiger partial charge is 0.482 e. The summed E-state index contributed by atoms with van der Waals surface area (Å²) in [6, 6.07) is 10.8. The monoisotopic (exact) mass is 304 g/mol. The number of halogens is 1. The zero-order valence-electron chi connectivity index (χ0n) is 12.3. The Hall–Kier alpha value is -2.00. The van der Waals surface area contributed by atoms with Gasteiger partial charge in [0.1, 0.15) is 11.5 Å². The van der Waals surface area contributed by atoms with Gasteiger partial charge in [0, 0.05) is 5.02 Å². The lowest BCUT2D eigenvalue weighted by atomic mass is 10.1. The van der Waals surface area contributed by atoms with E-state index in [0.717, 1.165) is 16.7 Å². The SMILES string of the molecule is Cc1ccc(OC(=O)COc2ccc(Cl)c(C)c2)cc1C. The van der Waals surface area contributed by atoms with Gasteiger partial charge in [-0.3, -0.25) is 0 Å². The van der Waals surface area contributed by atoms with Crippen molar-refractivity contribution in [1.82, 2.24) is 0 Å². The third kappa shape index (κ3) is 4.23. The van der Waals surface area contributed by atoms with E-state index in [-0.39, 0.29) is 6.61 Å². The van der Waals surface area contributed by atoms with Crippen LogP contribution in [0.4, 0.5) is 0 Å². The van der Waals surface area contributed by atoms with Crippen molar-refractivity contribution in [1.29, 1.82) is 0 Å². The second-order valence-electron chi connectivity index (χ2n) is 4.92. The third-order valence-corrected chi connectivity index (χ3v) is 3.62. The van der Waals surface area contributed by atoms with Gasteiger partial charge in [0.25, 0.3) is 0 Å². The van der Waals surface area contributed by atoms with E-state index in [0.29, 0.717) is 16.5 Å². The molecule has 2 rings (SSSR count). The minimum Gasteiger partial charge on any atom is -0.482 e. The van der Waals surface area contributed by atoms with Crippen LogP contribution < -0.4 is 9.47 Å². The topological polar surface area (TPSA) is 35.5 Å². The second kappa shape index (κ2) is 6.64. The molecule has 21 heavy (non-hydrogen) atoms. The minimum absolute atomic E-state index is 0.145. The van der Waals surface area contributed by atoms with Gasteiger partial charge in [-0.2, -0.15) is 0 Å². The van der Waals surface area contributed by atoms with E-state index in [2.05, 4.69) is 0 Å². The van der Waals surface area contributed by atoms with Crippen molar-refractivity contribution >= 4 is 17.6 Å². The van der Waals surface area contributed by atoms with Gasteiger partial charge in [0.05, 0.1) is 0 Å². The van der Waals surface area contributed by atoms with Crippen molar-refractivity contribution < 1.29 is 14.3 Å². The zero-order chi connectivity index (χ0) is 15.4. The quantitative estimate of drug-likeness (QED) is 0.626. The molecular weight excluding hydrogens is 288 g/mol. The van der Waals surface area contributed by atoms with Crippen molar-refractivity contribution in [2.45, 2.75) is 20.8 Å². The van der Waals surface area contributed by atoms with Gasteiger partial charge < -0.3 is 9.47 Å². The van der Waals surface area contributed by atoms with Gasteiger partial charge >= 0.3 is 5.97 Å². The van der Waals surface area contributed by atoms with E-state index in [9.17, 15) is 4.79 Å². The van der Waals surface area contributed by atoms with Crippen LogP contribution >= 0.6 is 11.6 Å². The van der Waals surface area contributed by atoms with E-state index in [1.54, 1.807) is 24.3 Å². The Balaban J connectivity index is 1.92. The maximum atomic E-state index is 11.8. The third-order valence-electron chi connectivity index (χ3n) is 3.20. The Morgan fingerprint density at radius 1 is 0.952 bits per heavy atom. The number of hydrogen-bond donors (Lipinski definition) is 0. The van der Waals surface area contributed by atoms with Crippen molar-refractivity contribution in [3.63, 3.8) is 0 Å². The summed E-state index contributed by atoms with van der Waals surface area (Å²) in [6.07, 6.45) is 0. The van der Waals surface area contributed by atoms with Crippen LogP contribution in [-0.2, 0) is 4.79 Å². The molecule has 0 aromatic heterocycles. The normalized spacial score (nSPS) is 10.3. The van der Waals surface area contributed by atoms with Gasteiger partial charge in [0.15, 0.2) is 6.61 Å². The average Bonchev–Trinajstić information content (AvgIpc) is 2.44. The summed E-state index contributed by atoms with van der Waals surface area (Å²) < 4.78 is 10.6. The fraction of sp³-hybridized carbons (Fsp3) is 0.235. The average molecular weight is 305 g/mol. The first-order chi connectivity index (χ1) is 9.95. The fourth-order valence-corrected chi connectivity index (χ4v) is 1.91. The summed E-state index contributed by atoms with van der Waals surface area (Å²) in [5.41, 5.74) is 3.13. The molecular formula is C17H17ClO3. The number of rotatable bonds is 4. The molecule has 0 heterocycles. The number of ether oxygens (including phenoxy) is 2. The summed E-state index contributed by atoms with van der Waals surface area (Å²) in [7, 11) is 0. The highest BCUT2D eigenvalue weighted by molar-refractivity contribution is 6.31. The summed E-state index contributed by atoms with van der Waals surface area (Å²) in [5, 5.41) is 0.667. The van der Waals surface area contributed by atoms with Crippen molar-refractivity contribution in [2.24, 2.45) is 0 Å². The first-order valence-electron chi connectivity index (χ1n) is 6.62. The maximum absolute atomic E-state index is 11.8. The number of aryl methyl sites for hydroxylation is 3. The predicted molar refractivity (Wildman–Crippen MR) is 83.2 cm³/mol. The molecule has 0 saturated heterocycles. The number of benzene rings is 2. The molecule has 0 N–H and O–H groups in total. The van der Waals surface area contributed by atoms with Crippen LogP contribution in [0.3, 0.4) is 0 Å². The summed E-state index contributed by atoms with van der Waals surface area (Å²) in [6.45, 7) is 5.71. The molecule has 3 nitrogen and oxygen atoms in total. The first-order valence-corrected chi connectivity index (χ1v) is 7.00. The Morgan fingerprint density at radius 2 is 1.62 bits per heavy atom. The Bertz CT molecular complexity index is 665. The molecule has 2 aromatic carbocycles. The Kier molecular flexibility index (Phi) is 4.86. The van der Waals surface area contributed by atoms with Crippen LogP contribution in [0.5, 0.6) is 11.5 Å². The van der Waals surface area contributed by atoms with Crippen LogP contribution in [0.25, 0.3) is 0 Å². The highest BCUT2D eigenvalue weighted by Crippen LogP contribution is 2.21. The number of hydrogen-bond acceptors (Lipinski definition) is 3. The van der Waals surface area contributed by atoms with Crippen LogP contribution in [0.15, 0.2) is 36.4 Å². The summed E-state index contributed by atoms with van der Waals surface area (Å²) in [4.78, 5) is 11.8. The predicted octanol–water partition coefficient (Wildman–Crippen LogP) is 4.25. The first kappa shape index (κ1) is 15.4. The molecule has 0 bridgehead atoms. The smallest absolute Gasteiger partial charge is 0.349 e. The molecule has 0 saturated carbocycles. The number of carbonyl (C=O) groups is 1. The molecule has 0 aliphatic rings. The molecule has 0 aliphatic carbocycles. The van der Waals surface area contributed by atoms with Crippen LogP contribution in [0.2, 0.25) is 5.02 Å². The lowest BCUT2D eigenvalue weighted by Crippen LogP contribution is -2.17. The van der Waals surface area contributed by atoms with E-state index in [1.807, 2.05) is 32.9 Å². The Morgan fingerprint density at radius 3 is 2.29 bits per heavy atom. The molecule has 0 amide bonds. The summed E-state index contributed by atoms with van der Waals surface area (Å²) in [5.74, 6) is 0.679. The molecule has 0 aliphatic heterocycles. The maximum Gasteiger partial charge on any atom is 0.349 e. The minimum atomic E-state index is -0.439. The highest BCUT2D eigenvalue weighted by Gasteiger charge is 2.07. The van der Waals surface area contributed by atoms with Crippen LogP contribution in [0, 0.1) is 20.8 Å². The van der Waals surface area contributed by atoms with E-state index in [4.69, 9.17) is 21.1 Å². The fourth-order valence-electron chi connectivity index (χ4n) is 1.79. The standard InChI is InChI=1S/C17H17ClO3/c1-11-4-5-15(8-12(11)2)21-17(19)10-20-14-6-7-16(18)13(3)9-14/h4-9H,10H2,1-3H3. The van der Waals surface area contributed by atoms with Crippen LogP contribution in [0.1, 0.15) is 16.7 Å². The molecule has 4 heteroatoms. The lowest BCUT2D eigenvalue weighted by molar-refractivity contribution is -0.136. The molecule has 0 spiro atoms. The lowest BCUT2D eigenvalue weighted by Gasteiger charge is -2.09. The van der Waals surface area contributed by atoms with Gasteiger partial charge in [-0.15, -0.1) is 0 Å². The number of esters is 1. The van der Waals surface area contributed by atoms with Crippen molar-refractivity contribution in [2.75, 3.05) is 6.61 Å². The van der Waals surface area contributed by atoms with Gasteiger partial charge in [0.2, 0.25) is 0 Å². The summed E-state index contributed by atoms with van der Waals surface area (Å²) >= 11 is 5.93. The molecule has 2 aromatic rings. The highest BCUT2D eigenvalue weighted by atomic mass is 35.5. The van der Waals surface area contributed by atoms with Gasteiger partial charge in [-0.1, -0.05) is 17.7 Å². The van der Waals surface area contributed by atoms with Gasteiger partial charge in [-0.25, -0.2) is 4.79 Å². The molecule has 0 unspecified atom stereocenters. The molecule has 110 valence electrons. The van der Waals surface area contributed by atoms with Crippen molar-refractivity contribution in [3.05, 3.63) is 58.1 Å².